The number of hydrogen-bond donors (Lipinski definition) is 1. The highest BCUT2D eigenvalue weighted by Gasteiger charge is 2.27. The molecule has 0 fully saturated rings. The summed E-state index contributed by atoms with van der Waals surface area (Å²) >= 11 is 1.63. The van der Waals surface area contributed by atoms with Crippen LogP contribution < -0.4 is 4.90 Å². The predicted octanol–water partition coefficient (Wildman–Crippen LogP) is 2.48. The van der Waals surface area contributed by atoms with E-state index < -0.39 is 10.9 Å². The Morgan fingerprint density at radius 1 is 1.58 bits per heavy atom. The number of nitro benzene ring substituents is 1. The Labute approximate surface area is 115 Å². The van der Waals surface area contributed by atoms with Crippen molar-refractivity contribution in [3.05, 3.63) is 33.9 Å². The fourth-order valence-corrected chi connectivity index (χ4v) is 2.48. The molecule has 0 spiro atoms. The second-order valence-electron chi connectivity index (χ2n) is 4.15. The molecule has 0 aliphatic rings. The lowest BCUT2D eigenvalue weighted by Crippen LogP contribution is -2.31. The Bertz CT molecular complexity index is 493. The Morgan fingerprint density at radius 2 is 2.21 bits per heavy atom. The van der Waals surface area contributed by atoms with Crippen LogP contribution in [0, 0.1) is 10.1 Å². The van der Waals surface area contributed by atoms with Crippen LogP contribution >= 0.6 is 11.8 Å². The number of thioether (sulfide) groups is 1. The van der Waals surface area contributed by atoms with Gasteiger partial charge in [-0.3, -0.25) is 10.1 Å². The van der Waals surface area contributed by atoms with Crippen LogP contribution in [0.4, 0.5) is 11.4 Å². The van der Waals surface area contributed by atoms with Gasteiger partial charge >= 0.3 is 11.7 Å². The zero-order valence-corrected chi connectivity index (χ0v) is 11.8. The number of carbonyl (C=O) groups is 1. The average Bonchev–Trinajstić information content (AvgIpc) is 2.36. The monoisotopic (exact) mass is 284 g/mol. The summed E-state index contributed by atoms with van der Waals surface area (Å²) in [6.07, 6.45) is 1.95. The smallest absolute Gasteiger partial charge is 0.342 e. The van der Waals surface area contributed by atoms with E-state index in [-0.39, 0.29) is 17.3 Å². The third kappa shape index (κ3) is 3.37. The van der Waals surface area contributed by atoms with E-state index in [1.165, 1.54) is 12.1 Å². The van der Waals surface area contributed by atoms with Gasteiger partial charge in [0, 0.05) is 18.8 Å². The van der Waals surface area contributed by atoms with Gasteiger partial charge in [-0.05, 0) is 25.3 Å². The molecule has 1 aromatic carbocycles. The average molecular weight is 284 g/mol. The van der Waals surface area contributed by atoms with E-state index in [1.807, 2.05) is 13.2 Å². The van der Waals surface area contributed by atoms with Crippen LogP contribution in [0.1, 0.15) is 17.3 Å². The second-order valence-corrected chi connectivity index (χ2v) is 5.06. The van der Waals surface area contributed by atoms with E-state index in [0.29, 0.717) is 5.69 Å². The topological polar surface area (TPSA) is 83.7 Å². The van der Waals surface area contributed by atoms with Gasteiger partial charge in [0.25, 0.3) is 0 Å². The van der Waals surface area contributed by atoms with Crippen LogP contribution in [0.25, 0.3) is 0 Å². The number of para-hydroxylation sites is 1. The minimum absolute atomic E-state index is 0.0674. The number of anilines is 1. The van der Waals surface area contributed by atoms with Crippen molar-refractivity contribution in [2.24, 2.45) is 0 Å². The molecular weight excluding hydrogens is 268 g/mol. The first kappa shape index (κ1) is 15.3. The Balaban J connectivity index is 3.31. The molecule has 0 aromatic heterocycles. The third-order valence-electron chi connectivity index (χ3n) is 2.88. The van der Waals surface area contributed by atoms with Gasteiger partial charge in [-0.1, -0.05) is 6.07 Å². The lowest BCUT2D eigenvalue weighted by molar-refractivity contribution is -0.384. The number of benzene rings is 1. The summed E-state index contributed by atoms with van der Waals surface area (Å²) in [6, 6.07) is 4.41. The fourth-order valence-electron chi connectivity index (χ4n) is 1.77. The molecule has 1 aromatic rings. The molecular formula is C12H16N2O4S. The number of carboxylic acid groups (broad SMARTS) is 1. The van der Waals surface area contributed by atoms with Crippen molar-refractivity contribution in [3.8, 4) is 0 Å². The first-order valence-electron chi connectivity index (χ1n) is 5.62. The van der Waals surface area contributed by atoms with Crippen molar-refractivity contribution >= 4 is 29.1 Å². The highest BCUT2D eigenvalue weighted by atomic mass is 32.2. The first-order chi connectivity index (χ1) is 8.90. The zero-order valence-electron chi connectivity index (χ0n) is 11.0. The molecule has 0 heterocycles. The quantitative estimate of drug-likeness (QED) is 0.638. The van der Waals surface area contributed by atoms with Crippen molar-refractivity contribution in [2.45, 2.75) is 13.0 Å². The zero-order chi connectivity index (χ0) is 14.6. The second kappa shape index (κ2) is 6.42. The highest BCUT2D eigenvalue weighted by molar-refractivity contribution is 7.98. The van der Waals surface area contributed by atoms with Crippen molar-refractivity contribution < 1.29 is 14.8 Å². The SMILES string of the molecule is CSCC(C)N(C)c1cccc(C(=O)O)c1[N+](=O)[O-]. The first-order valence-corrected chi connectivity index (χ1v) is 7.02. The molecule has 104 valence electrons. The number of hydrogen-bond acceptors (Lipinski definition) is 5. The van der Waals surface area contributed by atoms with E-state index in [1.54, 1.807) is 29.8 Å². The molecule has 1 unspecified atom stereocenters. The molecule has 1 N–H and O–H groups in total. The number of rotatable bonds is 6. The summed E-state index contributed by atoms with van der Waals surface area (Å²) in [6.45, 7) is 1.94. The van der Waals surface area contributed by atoms with Crippen LogP contribution in [0.5, 0.6) is 0 Å². The van der Waals surface area contributed by atoms with Crippen LogP contribution in [0.3, 0.4) is 0 Å². The van der Waals surface area contributed by atoms with Gasteiger partial charge in [0.15, 0.2) is 0 Å². The Hall–Kier alpha value is -1.76. The maximum Gasteiger partial charge on any atom is 0.342 e. The molecule has 1 rings (SSSR count). The lowest BCUT2D eigenvalue weighted by Gasteiger charge is -2.26. The molecule has 0 saturated carbocycles. The summed E-state index contributed by atoms with van der Waals surface area (Å²) in [5, 5.41) is 20.2. The van der Waals surface area contributed by atoms with Gasteiger partial charge < -0.3 is 10.0 Å². The molecule has 0 bridgehead atoms. The molecule has 0 aliphatic carbocycles. The maximum absolute atomic E-state index is 11.1. The van der Waals surface area contributed by atoms with Crippen molar-refractivity contribution in [1.29, 1.82) is 0 Å². The molecule has 0 saturated heterocycles. The molecule has 0 amide bonds. The van der Waals surface area contributed by atoms with Gasteiger partial charge in [0.2, 0.25) is 0 Å². The van der Waals surface area contributed by atoms with Crippen LogP contribution in [0.15, 0.2) is 18.2 Å². The van der Waals surface area contributed by atoms with Gasteiger partial charge in [-0.15, -0.1) is 0 Å². The third-order valence-corrected chi connectivity index (χ3v) is 3.69. The van der Waals surface area contributed by atoms with E-state index in [9.17, 15) is 14.9 Å². The summed E-state index contributed by atoms with van der Waals surface area (Å²) in [5.41, 5.74) is -0.317. The predicted molar refractivity (Wildman–Crippen MR) is 76.3 cm³/mol. The van der Waals surface area contributed by atoms with Crippen molar-refractivity contribution in [2.75, 3.05) is 24.0 Å². The van der Waals surface area contributed by atoms with Crippen LogP contribution in [-0.4, -0.2) is 41.1 Å². The van der Waals surface area contributed by atoms with E-state index in [0.717, 1.165) is 5.75 Å². The molecule has 0 aliphatic heterocycles. The molecule has 7 heteroatoms. The van der Waals surface area contributed by atoms with Crippen molar-refractivity contribution in [3.63, 3.8) is 0 Å². The number of carboxylic acids is 1. The van der Waals surface area contributed by atoms with Crippen molar-refractivity contribution in [1.82, 2.24) is 0 Å². The standard InChI is InChI=1S/C12H16N2O4S/c1-8(7-19-3)13(2)10-6-4-5-9(12(15)16)11(10)14(17)18/h4-6,8H,7H2,1-3H3,(H,15,16). The van der Waals surface area contributed by atoms with Gasteiger partial charge in [-0.25, -0.2) is 4.79 Å². The molecule has 19 heavy (non-hydrogen) atoms. The lowest BCUT2D eigenvalue weighted by atomic mass is 10.1. The summed E-state index contributed by atoms with van der Waals surface area (Å²) in [5.74, 6) is -0.496. The normalized spacial score (nSPS) is 11.9. The molecule has 0 radical (unpaired) electrons. The Morgan fingerprint density at radius 3 is 2.68 bits per heavy atom. The maximum atomic E-state index is 11.1. The Kier molecular flexibility index (Phi) is 5.17. The summed E-state index contributed by atoms with van der Waals surface area (Å²) < 4.78 is 0. The largest absolute Gasteiger partial charge is 0.477 e. The van der Waals surface area contributed by atoms with Gasteiger partial charge in [0.1, 0.15) is 11.3 Å². The minimum Gasteiger partial charge on any atom is -0.477 e. The summed E-state index contributed by atoms with van der Waals surface area (Å²) in [4.78, 5) is 23.3. The van der Waals surface area contributed by atoms with Gasteiger partial charge in [-0.2, -0.15) is 11.8 Å². The molecule has 1 atom stereocenters. The van der Waals surface area contributed by atoms with Crippen LogP contribution in [-0.2, 0) is 0 Å². The summed E-state index contributed by atoms with van der Waals surface area (Å²) in [7, 11) is 1.73. The minimum atomic E-state index is -1.29. The highest BCUT2D eigenvalue weighted by Crippen LogP contribution is 2.32. The van der Waals surface area contributed by atoms with E-state index >= 15 is 0 Å². The number of nitro groups is 1. The van der Waals surface area contributed by atoms with E-state index in [2.05, 4.69) is 0 Å². The fraction of sp³-hybridized carbons (Fsp3) is 0.417. The molecule has 6 nitrogen and oxygen atoms in total. The number of aromatic carboxylic acids is 1. The van der Waals surface area contributed by atoms with Gasteiger partial charge in [0.05, 0.1) is 4.92 Å². The van der Waals surface area contributed by atoms with Crippen LogP contribution in [0.2, 0.25) is 0 Å². The van der Waals surface area contributed by atoms with E-state index in [4.69, 9.17) is 5.11 Å². The number of nitrogens with zero attached hydrogens (tertiary/aromatic N) is 2.